The average Bonchev–Trinajstić information content (AvgIpc) is 2.80. The number of benzene rings is 1. The van der Waals surface area contributed by atoms with Gasteiger partial charge in [0.05, 0.1) is 0 Å². The Labute approximate surface area is 110 Å². The fourth-order valence-corrected chi connectivity index (χ4v) is 1.67. The average molecular weight is 283 g/mol. The van der Waals surface area contributed by atoms with Crippen molar-refractivity contribution in [3.8, 4) is 11.6 Å². The third kappa shape index (κ3) is 2.19. The van der Waals surface area contributed by atoms with Gasteiger partial charge in [0.15, 0.2) is 11.6 Å². The van der Waals surface area contributed by atoms with Crippen molar-refractivity contribution in [1.29, 1.82) is 0 Å². The van der Waals surface area contributed by atoms with Gasteiger partial charge in [-0.15, -0.1) is 0 Å². The highest BCUT2D eigenvalue weighted by molar-refractivity contribution is 6.29. The monoisotopic (exact) mass is 282 g/mol. The van der Waals surface area contributed by atoms with E-state index >= 15 is 0 Å². The minimum atomic E-state index is -0.832. The minimum Gasteiger partial charge on any atom is -0.436 e. The number of rotatable bonds is 2. The van der Waals surface area contributed by atoms with E-state index in [4.69, 9.17) is 16.3 Å². The van der Waals surface area contributed by atoms with Gasteiger partial charge in [-0.3, -0.25) is 0 Å². The van der Waals surface area contributed by atoms with Crippen LogP contribution in [-0.2, 0) is 0 Å². The van der Waals surface area contributed by atoms with Crippen molar-refractivity contribution < 1.29 is 13.5 Å². The fraction of sp³-hybridized carbons (Fsp3) is 0. The Balaban J connectivity index is 2.07. The summed E-state index contributed by atoms with van der Waals surface area (Å²) in [5, 5.41) is 3.99. The second-order valence-electron chi connectivity index (χ2n) is 3.57. The molecule has 0 fully saturated rings. The first kappa shape index (κ1) is 11.8. The van der Waals surface area contributed by atoms with Crippen LogP contribution in [0.2, 0.25) is 5.15 Å². The maximum atomic E-state index is 13.5. The Morgan fingerprint density at radius 2 is 2.05 bits per heavy atom. The second kappa shape index (κ2) is 4.43. The smallest absolute Gasteiger partial charge is 0.256 e. The lowest BCUT2D eigenvalue weighted by molar-refractivity contribution is 0.412. The van der Waals surface area contributed by atoms with Crippen LogP contribution in [0.4, 0.5) is 8.78 Å². The molecular formula is C11H5ClF2N4O. The van der Waals surface area contributed by atoms with Crippen LogP contribution in [0, 0.1) is 11.6 Å². The number of aromatic nitrogens is 4. The van der Waals surface area contributed by atoms with Crippen LogP contribution in [-0.4, -0.2) is 19.6 Å². The first-order chi connectivity index (χ1) is 9.13. The number of halogens is 3. The molecule has 0 saturated carbocycles. The van der Waals surface area contributed by atoms with Crippen molar-refractivity contribution in [3.63, 3.8) is 0 Å². The zero-order valence-electron chi connectivity index (χ0n) is 9.22. The SMILES string of the molecule is Fc1ccc(Oc2cc(Cl)nc3ncnn23)c(F)c1. The molecule has 96 valence electrons. The second-order valence-corrected chi connectivity index (χ2v) is 3.95. The van der Waals surface area contributed by atoms with Crippen molar-refractivity contribution in [2.24, 2.45) is 0 Å². The molecule has 0 aliphatic carbocycles. The van der Waals surface area contributed by atoms with E-state index in [1.165, 1.54) is 23.0 Å². The lowest BCUT2D eigenvalue weighted by atomic mass is 10.3. The van der Waals surface area contributed by atoms with Gasteiger partial charge in [0, 0.05) is 12.1 Å². The molecule has 2 aromatic heterocycles. The van der Waals surface area contributed by atoms with E-state index in [1.807, 2.05) is 0 Å². The molecule has 0 atom stereocenters. The highest BCUT2D eigenvalue weighted by Gasteiger charge is 2.11. The van der Waals surface area contributed by atoms with Gasteiger partial charge < -0.3 is 4.74 Å². The van der Waals surface area contributed by atoms with Gasteiger partial charge in [0.1, 0.15) is 17.3 Å². The molecular weight excluding hydrogens is 278 g/mol. The Bertz CT molecular complexity index is 762. The quantitative estimate of drug-likeness (QED) is 0.678. The third-order valence-corrected chi connectivity index (χ3v) is 2.49. The van der Waals surface area contributed by atoms with E-state index in [2.05, 4.69) is 15.1 Å². The summed E-state index contributed by atoms with van der Waals surface area (Å²) in [6, 6.07) is 4.32. The molecule has 1 aromatic carbocycles. The van der Waals surface area contributed by atoms with E-state index in [0.717, 1.165) is 12.1 Å². The molecule has 0 aliphatic heterocycles. The molecule has 19 heavy (non-hydrogen) atoms. The minimum absolute atomic E-state index is 0.123. The number of hydrogen-bond acceptors (Lipinski definition) is 4. The van der Waals surface area contributed by atoms with Crippen molar-refractivity contribution in [1.82, 2.24) is 19.6 Å². The van der Waals surface area contributed by atoms with Crippen molar-refractivity contribution >= 4 is 17.4 Å². The Morgan fingerprint density at radius 1 is 1.21 bits per heavy atom. The number of fused-ring (bicyclic) bond motifs is 1. The van der Waals surface area contributed by atoms with Crippen LogP contribution in [0.25, 0.3) is 5.78 Å². The third-order valence-electron chi connectivity index (χ3n) is 2.30. The summed E-state index contributed by atoms with van der Waals surface area (Å²) >= 11 is 5.79. The molecule has 0 N–H and O–H groups in total. The Morgan fingerprint density at radius 3 is 2.84 bits per heavy atom. The Hall–Kier alpha value is -2.28. The predicted molar refractivity (Wildman–Crippen MR) is 62.2 cm³/mol. The molecule has 3 aromatic rings. The van der Waals surface area contributed by atoms with E-state index in [1.54, 1.807) is 0 Å². The zero-order valence-corrected chi connectivity index (χ0v) is 9.97. The fourth-order valence-electron chi connectivity index (χ4n) is 1.50. The lowest BCUT2D eigenvalue weighted by Gasteiger charge is -2.07. The summed E-state index contributed by atoms with van der Waals surface area (Å²) < 4.78 is 32.9. The molecule has 0 saturated heterocycles. The summed E-state index contributed by atoms with van der Waals surface area (Å²) in [5.74, 6) is -1.34. The molecule has 0 bridgehead atoms. The molecule has 2 heterocycles. The van der Waals surface area contributed by atoms with E-state index in [9.17, 15) is 8.78 Å². The van der Waals surface area contributed by atoms with Gasteiger partial charge in [0.2, 0.25) is 5.88 Å². The maximum Gasteiger partial charge on any atom is 0.256 e. The Kier molecular flexibility index (Phi) is 2.75. The zero-order chi connectivity index (χ0) is 13.4. The van der Waals surface area contributed by atoms with Crippen LogP contribution in [0.1, 0.15) is 0 Å². The first-order valence-corrected chi connectivity index (χ1v) is 5.50. The summed E-state index contributed by atoms with van der Waals surface area (Å²) in [4.78, 5) is 7.74. The maximum absolute atomic E-state index is 13.5. The van der Waals surface area contributed by atoms with Gasteiger partial charge in [-0.2, -0.15) is 19.6 Å². The number of ether oxygens (including phenoxy) is 1. The molecule has 3 rings (SSSR count). The van der Waals surface area contributed by atoms with Crippen LogP contribution < -0.4 is 4.74 Å². The standard InChI is InChI=1S/C11H5ClF2N4O/c12-9-4-10(18-11(17-9)15-5-16-18)19-8-2-1-6(13)3-7(8)14/h1-5H. The van der Waals surface area contributed by atoms with Crippen molar-refractivity contribution in [2.75, 3.05) is 0 Å². The molecule has 5 nitrogen and oxygen atoms in total. The van der Waals surface area contributed by atoms with Gasteiger partial charge >= 0.3 is 0 Å². The topological polar surface area (TPSA) is 52.3 Å². The van der Waals surface area contributed by atoms with E-state index < -0.39 is 11.6 Å². The predicted octanol–water partition coefficient (Wildman–Crippen LogP) is 2.85. The van der Waals surface area contributed by atoms with Gasteiger partial charge in [-0.05, 0) is 12.1 Å². The summed E-state index contributed by atoms with van der Waals surface area (Å²) in [6.07, 6.45) is 1.26. The summed E-state index contributed by atoms with van der Waals surface area (Å²) in [6.45, 7) is 0. The van der Waals surface area contributed by atoms with E-state index in [-0.39, 0.29) is 22.6 Å². The van der Waals surface area contributed by atoms with Crippen LogP contribution in [0.3, 0.4) is 0 Å². The highest BCUT2D eigenvalue weighted by atomic mass is 35.5. The summed E-state index contributed by atoms with van der Waals surface area (Å²) in [5.41, 5.74) is 0. The van der Waals surface area contributed by atoms with Gasteiger partial charge in [0.25, 0.3) is 5.78 Å². The van der Waals surface area contributed by atoms with Crippen LogP contribution >= 0.6 is 11.6 Å². The van der Waals surface area contributed by atoms with Crippen molar-refractivity contribution in [2.45, 2.75) is 0 Å². The van der Waals surface area contributed by atoms with Gasteiger partial charge in [-0.25, -0.2) is 8.78 Å². The largest absolute Gasteiger partial charge is 0.436 e. The van der Waals surface area contributed by atoms with E-state index in [0.29, 0.717) is 0 Å². The molecule has 0 spiro atoms. The molecule has 0 radical (unpaired) electrons. The highest BCUT2D eigenvalue weighted by Crippen LogP contribution is 2.26. The summed E-state index contributed by atoms with van der Waals surface area (Å²) in [7, 11) is 0. The normalized spacial score (nSPS) is 10.9. The number of nitrogens with zero attached hydrogens (tertiary/aromatic N) is 4. The number of hydrogen-bond donors (Lipinski definition) is 0. The lowest BCUT2D eigenvalue weighted by Crippen LogP contribution is -1.99. The molecule has 0 amide bonds. The first-order valence-electron chi connectivity index (χ1n) is 5.13. The van der Waals surface area contributed by atoms with Crippen LogP contribution in [0.15, 0.2) is 30.6 Å². The van der Waals surface area contributed by atoms with Gasteiger partial charge in [-0.1, -0.05) is 11.6 Å². The van der Waals surface area contributed by atoms with Crippen molar-refractivity contribution in [3.05, 3.63) is 47.4 Å². The molecule has 0 unspecified atom stereocenters. The molecule has 0 aliphatic rings. The van der Waals surface area contributed by atoms with Crippen LogP contribution in [0.5, 0.6) is 11.6 Å². The molecule has 8 heteroatoms.